The molecule has 132 valence electrons. The maximum atomic E-state index is 14.4. The molecule has 2 fully saturated rings. The van der Waals surface area contributed by atoms with Gasteiger partial charge >= 0.3 is 0 Å². The van der Waals surface area contributed by atoms with Crippen LogP contribution < -0.4 is 5.32 Å². The average molecular weight is 355 g/mol. The SMILES string of the molecule is CC(C)(NC(=O)C1(N2CCOCC2)CCC1)c1cccc(Cl)c1F. The molecular weight excluding hydrogens is 331 g/mol. The number of hydrogen-bond donors (Lipinski definition) is 1. The molecule has 1 saturated carbocycles. The van der Waals surface area contributed by atoms with Gasteiger partial charge in [-0.2, -0.15) is 0 Å². The number of nitrogens with zero attached hydrogens (tertiary/aromatic N) is 1. The Bertz CT molecular complexity index is 625. The molecule has 0 radical (unpaired) electrons. The van der Waals surface area contributed by atoms with Crippen LogP contribution in [0.15, 0.2) is 18.2 Å². The predicted molar refractivity (Wildman–Crippen MR) is 91.6 cm³/mol. The summed E-state index contributed by atoms with van der Waals surface area (Å²) < 4.78 is 19.8. The first-order valence-corrected chi connectivity index (χ1v) is 8.84. The molecule has 0 bridgehead atoms. The van der Waals surface area contributed by atoms with Crippen molar-refractivity contribution in [2.75, 3.05) is 26.3 Å². The Labute approximate surface area is 147 Å². The molecule has 0 aromatic heterocycles. The zero-order chi connectivity index (χ0) is 17.4. The monoisotopic (exact) mass is 354 g/mol. The van der Waals surface area contributed by atoms with Crippen LogP contribution in [0.25, 0.3) is 0 Å². The highest BCUT2D eigenvalue weighted by atomic mass is 35.5. The smallest absolute Gasteiger partial charge is 0.241 e. The summed E-state index contributed by atoms with van der Waals surface area (Å²) in [5.74, 6) is -0.501. The summed E-state index contributed by atoms with van der Waals surface area (Å²) in [6, 6.07) is 4.89. The lowest BCUT2D eigenvalue weighted by Crippen LogP contribution is -2.66. The summed E-state index contributed by atoms with van der Waals surface area (Å²) in [6.45, 7) is 6.46. The van der Waals surface area contributed by atoms with Gasteiger partial charge in [0.1, 0.15) is 11.4 Å². The molecule has 1 saturated heterocycles. The van der Waals surface area contributed by atoms with Gasteiger partial charge in [0.2, 0.25) is 5.91 Å². The van der Waals surface area contributed by atoms with Crippen LogP contribution in [0.3, 0.4) is 0 Å². The van der Waals surface area contributed by atoms with Gasteiger partial charge in [0, 0.05) is 18.7 Å². The van der Waals surface area contributed by atoms with E-state index >= 15 is 0 Å². The fraction of sp³-hybridized carbons (Fsp3) is 0.611. The summed E-state index contributed by atoms with van der Waals surface area (Å²) in [6.07, 6.45) is 2.72. The molecular formula is C18H24ClFN2O2. The van der Waals surface area contributed by atoms with Crippen LogP contribution in [0.1, 0.15) is 38.7 Å². The third-order valence-electron chi connectivity index (χ3n) is 5.27. The van der Waals surface area contributed by atoms with Crippen molar-refractivity contribution in [3.05, 3.63) is 34.6 Å². The molecule has 3 rings (SSSR count). The van der Waals surface area contributed by atoms with Crippen molar-refractivity contribution in [3.8, 4) is 0 Å². The van der Waals surface area contributed by atoms with Crippen molar-refractivity contribution in [1.82, 2.24) is 10.2 Å². The van der Waals surface area contributed by atoms with E-state index in [-0.39, 0.29) is 10.9 Å². The van der Waals surface area contributed by atoms with Crippen molar-refractivity contribution < 1.29 is 13.9 Å². The van der Waals surface area contributed by atoms with Gasteiger partial charge in [-0.05, 0) is 39.2 Å². The van der Waals surface area contributed by atoms with E-state index in [1.165, 1.54) is 6.07 Å². The number of amides is 1. The number of carbonyl (C=O) groups excluding carboxylic acids is 1. The van der Waals surface area contributed by atoms with E-state index in [1.807, 2.05) is 13.8 Å². The molecule has 1 N–H and O–H groups in total. The molecule has 24 heavy (non-hydrogen) atoms. The number of ether oxygens (including phenoxy) is 1. The Morgan fingerprint density at radius 2 is 2.00 bits per heavy atom. The van der Waals surface area contributed by atoms with Crippen LogP contribution >= 0.6 is 11.6 Å². The van der Waals surface area contributed by atoms with E-state index in [0.717, 1.165) is 32.4 Å². The molecule has 1 aliphatic heterocycles. The molecule has 2 aliphatic rings. The van der Waals surface area contributed by atoms with Crippen LogP contribution in [-0.2, 0) is 15.1 Å². The van der Waals surface area contributed by atoms with Crippen LogP contribution in [0, 0.1) is 5.82 Å². The van der Waals surface area contributed by atoms with Crippen LogP contribution in [0.5, 0.6) is 0 Å². The maximum Gasteiger partial charge on any atom is 0.241 e. The van der Waals surface area contributed by atoms with Gasteiger partial charge in [0.05, 0.1) is 23.8 Å². The second-order valence-corrected chi connectivity index (χ2v) is 7.57. The second kappa shape index (κ2) is 6.62. The number of halogens is 2. The molecule has 0 unspecified atom stereocenters. The van der Waals surface area contributed by atoms with Crippen LogP contribution in [0.2, 0.25) is 5.02 Å². The molecule has 1 aromatic rings. The zero-order valence-corrected chi connectivity index (χ0v) is 15.0. The van der Waals surface area contributed by atoms with E-state index < -0.39 is 16.9 Å². The van der Waals surface area contributed by atoms with E-state index in [0.29, 0.717) is 18.8 Å². The highest BCUT2D eigenvalue weighted by Crippen LogP contribution is 2.39. The Morgan fingerprint density at radius 1 is 1.33 bits per heavy atom. The van der Waals surface area contributed by atoms with Gasteiger partial charge in [-0.15, -0.1) is 0 Å². The molecule has 0 spiro atoms. The van der Waals surface area contributed by atoms with Crippen LogP contribution in [0.4, 0.5) is 4.39 Å². The van der Waals surface area contributed by atoms with E-state index in [1.54, 1.807) is 12.1 Å². The van der Waals surface area contributed by atoms with Gasteiger partial charge in [0.15, 0.2) is 0 Å². The van der Waals surface area contributed by atoms with Crippen molar-refractivity contribution >= 4 is 17.5 Å². The van der Waals surface area contributed by atoms with Crippen molar-refractivity contribution in [3.63, 3.8) is 0 Å². The van der Waals surface area contributed by atoms with Crippen LogP contribution in [-0.4, -0.2) is 42.6 Å². The largest absolute Gasteiger partial charge is 0.379 e. The number of benzene rings is 1. The molecule has 1 heterocycles. The minimum Gasteiger partial charge on any atom is -0.379 e. The first-order valence-electron chi connectivity index (χ1n) is 8.47. The molecule has 1 amide bonds. The summed E-state index contributed by atoms with van der Waals surface area (Å²) in [5.41, 5.74) is -0.906. The summed E-state index contributed by atoms with van der Waals surface area (Å²) in [4.78, 5) is 15.3. The second-order valence-electron chi connectivity index (χ2n) is 7.17. The summed E-state index contributed by atoms with van der Waals surface area (Å²) in [7, 11) is 0. The van der Waals surface area contributed by atoms with Gasteiger partial charge in [-0.1, -0.05) is 23.7 Å². The summed E-state index contributed by atoms with van der Waals surface area (Å²) >= 11 is 5.90. The highest BCUT2D eigenvalue weighted by molar-refractivity contribution is 6.30. The first kappa shape index (κ1) is 17.6. The van der Waals surface area contributed by atoms with Gasteiger partial charge in [-0.3, -0.25) is 9.69 Å². The van der Waals surface area contributed by atoms with Gasteiger partial charge < -0.3 is 10.1 Å². The Morgan fingerprint density at radius 3 is 2.58 bits per heavy atom. The standard InChI is InChI=1S/C18H24ClFN2O2/c1-17(2,13-5-3-6-14(19)15(13)20)21-16(23)18(7-4-8-18)22-9-11-24-12-10-22/h3,5-6H,4,7-12H2,1-2H3,(H,21,23). The van der Waals surface area contributed by atoms with Crippen molar-refractivity contribution in [2.45, 2.75) is 44.2 Å². The molecule has 1 aliphatic carbocycles. The predicted octanol–water partition coefficient (Wildman–Crippen LogP) is 3.09. The zero-order valence-electron chi connectivity index (χ0n) is 14.2. The lowest BCUT2D eigenvalue weighted by atomic mass is 9.73. The molecule has 1 aromatic carbocycles. The first-order chi connectivity index (χ1) is 11.4. The number of nitrogens with one attached hydrogen (secondary N) is 1. The van der Waals surface area contributed by atoms with Crippen molar-refractivity contribution in [1.29, 1.82) is 0 Å². The van der Waals surface area contributed by atoms with E-state index in [2.05, 4.69) is 10.2 Å². The highest BCUT2D eigenvalue weighted by Gasteiger charge is 2.50. The quantitative estimate of drug-likeness (QED) is 0.903. The summed E-state index contributed by atoms with van der Waals surface area (Å²) in [5, 5.41) is 3.13. The van der Waals surface area contributed by atoms with Gasteiger partial charge in [-0.25, -0.2) is 4.39 Å². The minimum absolute atomic E-state index is 0.0278. The lowest BCUT2D eigenvalue weighted by Gasteiger charge is -2.51. The van der Waals surface area contributed by atoms with E-state index in [9.17, 15) is 9.18 Å². The fourth-order valence-corrected chi connectivity index (χ4v) is 3.82. The van der Waals surface area contributed by atoms with Gasteiger partial charge in [0.25, 0.3) is 0 Å². The Kier molecular flexibility index (Phi) is 4.87. The molecule has 4 nitrogen and oxygen atoms in total. The third-order valence-corrected chi connectivity index (χ3v) is 5.56. The Hall–Kier alpha value is -1.17. The number of hydrogen-bond acceptors (Lipinski definition) is 3. The minimum atomic E-state index is -0.832. The number of morpholine rings is 1. The number of carbonyl (C=O) groups is 1. The molecule has 6 heteroatoms. The average Bonchev–Trinajstić information content (AvgIpc) is 2.49. The van der Waals surface area contributed by atoms with E-state index in [4.69, 9.17) is 16.3 Å². The topological polar surface area (TPSA) is 41.6 Å². The number of rotatable bonds is 4. The molecule has 0 atom stereocenters. The lowest BCUT2D eigenvalue weighted by molar-refractivity contribution is -0.146. The normalized spacial score (nSPS) is 21.2. The third kappa shape index (κ3) is 3.05. The van der Waals surface area contributed by atoms with Crippen molar-refractivity contribution in [2.24, 2.45) is 0 Å². The Balaban J connectivity index is 1.80. The maximum absolute atomic E-state index is 14.4. The fourth-order valence-electron chi connectivity index (χ4n) is 3.64.